The summed E-state index contributed by atoms with van der Waals surface area (Å²) in [5.41, 5.74) is 3.57. The lowest BCUT2D eigenvalue weighted by atomic mass is 9.87. The van der Waals surface area contributed by atoms with Gasteiger partial charge in [-0.05, 0) is 43.0 Å². The standard InChI is InChI=1S/C30H35NO3/c1-24(28-15-9-4-10-16-28)31-18-17-27(20-32)19-29(31)30(34-22-26-13-7-3-8-14-26)23-33-21-25-11-5-2-6-12-25/h2-16,20,24,27,29-30H,17-19,21-23H2,1H3/t24-,27?,29+,30+/m0/s1. The van der Waals surface area contributed by atoms with Gasteiger partial charge in [0.2, 0.25) is 0 Å². The van der Waals surface area contributed by atoms with Gasteiger partial charge in [-0.1, -0.05) is 91.0 Å². The normalized spacial score (nSPS) is 20.5. The van der Waals surface area contributed by atoms with Gasteiger partial charge in [0.1, 0.15) is 6.29 Å². The Bertz CT molecular complexity index is 980. The maximum Gasteiger partial charge on any atom is 0.123 e. The van der Waals surface area contributed by atoms with Gasteiger partial charge in [0.05, 0.1) is 25.9 Å². The summed E-state index contributed by atoms with van der Waals surface area (Å²) in [4.78, 5) is 14.3. The second kappa shape index (κ2) is 12.6. The fourth-order valence-electron chi connectivity index (χ4n) is 4.85. The molecule has 1 heterocycles. The van der Waals surface area contributed by atoms with Crippen LogP contribution in [-0.2, 0) is 27.5 Å². The third-order valence-corrected chi connectivity index (χ3v) is 6.83. The van der Waals surface area contributed by atoms with Gasteiger partial charge in [0, 0.05) is 18.0 Å². The van der Waals surface area contributed by atoms with Crippen molar-refractivity contribution in [2.75, 3.05) is 13.2 Å². The molecule has 34 heavy (non-hydrogen) atoms. The van der Waals surface area contributed by atoms with Gasteiger partial charge >= 0.3 is 0 Å². The van der Waals surface area contributed by atoms with E-state index in [1.54, 1.807) is 0 Å². The van der Waals surface area contributed by atoms with Crippen LogP contribution in [0.1, 0.15) is 42.5 Å². The summed E-state index contributed by atoms with van der Waals surface area (Å²) < 4.78 is 12.7. The summed E-state index contributed by atoms with van der Waals surface area (Å²) in [5.74, 6) is 0.0566. The van der Waals surface area contributed by atoms with Gasteiger partial charge in [0.15, 0.2) is 0 Å². The summed E-state index contributed by atoms with van der Waals surface area (Å²) in [5, 5.41) is 0. The fraction of sp³-hybridized carbons (Fsp3) is 0.367. The van der Waals surface area contributed by atoms with Gasteiger partial charge in [-0.25, -0.2) is 0 Å². The highest BCUT2D eigenvalue weighted by molar-refractivity contribution is 5.53. The zero-order valence-corrected chi connectivity index (χ0v) is 20.0. The molecule has 178 valence electrons. The number of carbonyl (C=O) groups is 1. The maximum atomic E-state index is 11.8. The lowest BCUT2D eigenvalue weighted by Crippen LogP contribution is -2.52. The van der Waals surface area contributed by atoms with Crippen molar-refractivity contribution in [3.05, 3.63) is 108 Å². The topological polar surface area (TPSA) is 38.8 Å². The molecule has 1 aliphatic rings. The molecule has 1 unspecified atom stereocenters. The first-order chi connectivity index (χ1) is 16.7. The number of likely N-dealkylation sites (tertiary alicyclic amines) is 1. The molecule has 4 heteroatoms. The summed E-state index contributed by atoms with van der Waals surface area (Å²) >= 11 is 0. The number of aldehydes is 1. The van der Waals surface area contributed by atoms with E-state index in [4.69, 9.17) is 9.47 Å². The number of nitrogens with zero attached hydrogens (tertiary/aromatic N) is 1. The molecular weight excluding hydrogens is 422 g/mol. The van der Waals surface area contributed by atoms with E-state index in [1.807, 2.05) is 36.4 Å². The van der Waals surface area contributed by atoms with E-state index in [-0.39, 0.29) is 24.1 Å². The van der Waals surface area contributed by atoms with E-state index in [0.717, 1.165) is 36.8 Å². The Morgan fingerprint density at radius 2 is 1.47 bits per heavy atom. The van der Waals surface area contributed by atoms with Crippen LogP contribution in [0, 0.1) is 5.92 Å². The minimum atomic E-state index is -0.141. The number of carbonyl (C=O) groups excluding carboxylic acids is 1. The SMILES string of the molecule is C[C@@H](c1ccccc1)N1CCC(C=O)C[C@@H]1[C@@H](COCc1ccccc1)OCc1ccccc1. The molecule has 3 aromatic carbocycles. The smallest absolute Gasteiger partial charge is 0.123 e. The first-order valence-corrected chi connectivity index (χ1v) is 12.3. The van der Waals surface area contributed by atoms with Crippen LogP contribution < -0.4 is 0 Å². The minimum Gasteiger partial charge on any atom is -0.374 e. The van der Waals surface area contributed by atoms with Crippen LogP contribution in [0.4, 0.5) is 0 Å². The monoisotopic (exact) mass is 457 g/mol. The average molecular weight is 458 g/mol. The number of hydrogen-bond donors (Lipinski definition) is 0. The molecular formula is C30H35NO3. The van der Waals surface area contributed by atoms with E-state index in [9.17, 15) is 4.79 Å². The number of rotatable bonds is 11. The molecule has 1 fully saturated rings. The zero-order chi connectivity index (χ0) is 23.6. The highest BCUT2D eigenvalue weighted by Gasteiger charge is 2.37. The largest absolute Gasteiger partial charge is 0.374 e. The van der Waals surface area contributed by atoms with Gasteiger partial charge in [-0.15, -0.1) is 0 Å². The lowest BCUT2D eigenvalue weighted by Gasteiger charge is -2.45. The Morgan fingerprint density at radius 3 is 2.09 bits per heavy atom. The molecule has 0 N–H and O–H groups in total. The molecule has 0 saturated carbocycles. The second-order valence-electron chi connectivity index (χ2n) is 9.15. The molecule has 4 rings (SSSR count). The second-order valence-corrected chi connectivity index (χ2v) is 9.15. The van der Waals surface area contributed by atoms with Gasteiger partial charge in [0.25, 0.3) is 0 Å². The first kappa shape index (κ1) is 24.3. The molecule has 4 nitrogen and oxygen atoms in total. The predicted octanol–water partition coefficient (Wildman–Crippen LogP) is 5.83. The van der Waals surface area contributed by atoms with Crippen LogP contribution >= 0.6 is 0 Å². The highest BCUT2D eigenvalue weighted by atomic mass is 16.5. The van der Waals surface area contributed by atoms with E-state index in [2.05, 4.69) is 66.4 Å². The minimum absolute atomic E-state index is 0.0566. The van der Waals surface area contributed by atoms with Gasteiger partial charge in [-0.2, -0.15) is 0 Å². The van der Waals surface area contributed by atoms with E-state index < -0.39 is 0 Å². The first-order valence-electron chi connectivity index (χ1n) is 12.3. The van der Waals surface area contributed by atoms with E-state index in [1.165, 1.54) is 5.56 Å². The van der Waals surface area contributed by atoms with Crippen molar-refractivity contribution in [2.24, 2.45) is 5.92 Å². The van der Waals surface area contributed by atoms with Crippen molar-refractivity contribution in [1.82, 2.24) is 4.90 Å². The quantitative estimate of drug-likeness (QED) is 0.340. The van der Waals surface area contributed by atoms with Crippen LogP contribution in [0.5, 0.6) is 0 Å². The van der Waals surface area contributed by atoms with Crippen LogP contribution in [0.3, 0.4) is 0 Å². The van der Waals surface area contributed by atoms with Crippen LogP contribution in [0.25, 0.3) is 0 Å². The molecule has 0 spiro atoms. The van der Waals surface area contributed by atoms with Crippen molar-refractivity contribution >= 4 is 6.29 Å². The van der Waals surface area contributed by atoms with Crippen molar-refractivity contribution in [1.29, 1.82) is 0 Å². The van der Waals surface area contributed by atoms with Crippen molar-refractivity contribution in [3.8, 4) is 0 Å². The Balaban J connectivity index is 1.53. The van der Waals surface area contributed by atoms with E-state index in [0.29, 0.717) is 19.8 Å². The summed E-state index contributed by atoms with van der Waals surface area (Å²) in [6.07, 6.45) is 2.65. The molecule has 0 aliphatic carbocycles. The third kappa shape index (κ3) is 6.63. The van der Waals surface area contributed by atoms with Crippen molar-refractivity contribution in [2.45, 2.75) is 51.2 Å². The molecule has 0 radical (unpaired) electrons. The Hall–Kier alpha value is -2.79. The third-order valence-electron chi connectivity index (χ3n) is 6.83. The van der Waals surface area contributed by atoms with Crippen LogP contribution in [-0.4, -0.2) is 36.5 Å². The summed E-state index contributed by atoms with van der Waals surface area (Å²) in [6, 6.07) is 31.4. The Labute approximate surface area is 203 Å². The van der Waals surface area contributed by atoms with E-state index >= 15 is 0 Å². The Kier molecular flexibility index (Phi) is 9.03. The molecule has 3 aromatic rings. The number of piperidine rings is 1. The average Bonchev–Trinajstić information content (AvgIpc) is 2.91. The predicted molar refractivity (Wildman–Crippen MR) is 135 cm³/mol. The van der Waals surface area contributed by atoms with Crippen molar-refractivity contribution in [3.63, 3.8) is 0 Å². The molecule has 0 aromatic heterocycles. The summed E-state index contributed by atoms with van der Waals surface area (Å²) in [6.45, 7) is 4.67. The summed E-state index contributed by atoms with van der Waals surface area (Å²) in [7, 11) is 0. The van der Waals surface area contributed by atoms with Crippen molar-refractivity contribution < 1.29 is 14.3 Å². The molecule has 0 amide bonds. The van der Waals surface area contributed by atoms with Gasteiger partial charge in [-0.3, -0.25) is 4.90 Å². The molecule has 0 bridgehead atoms. The zero-order valence-electron chi connectivity index (χ0n) is 20.0. The molecule has 1 aliphatic heterocycles. The maximum absolute atomic E-state index is 11.8. The lowest BCUT2D eigenvalue weighted by molar-refractivity contribution is -0.119. The van der Waals surface area contributed by atoms with Crippen LogP contribution in [0.15, 0.2) is 91.0 Å². The fourth-order valence-corrected chi connectivity index (χ4v) is 4.85. The highest BCUT2D eigenvalue weighted by Crippen LogP contribution is 2.33. The van der Waals surface area contributed by atoms with Crippen LogP contribution in [0.2, 0.25) is 0 Å². The Morgan fingerprint density at radius 1 is 0.882 bits per heavy atom. The molecule has 1 saturated heterocycles. The number of ether oxygens (including phenoxy) is 2. The molecule has 4 atom stereocenters. The number of hydrogen-bond acceptors (Lipinski definition) is 4. The number of benzene rings is 3. The van der Waals surface area contributed by atoms with Gasteiger partial charge < -0.3 is 14.3 Å².